The van der Waals surface area contributed by atoms with Crippen LogP contribution in [-0.2, 0) is 4.74 Å². The molecule has 0 saturated carbocycles. The van der Waals surface area contributed by atoms with Crippen LogP contribution >= 0.6 is 0 Å². The summed E-state index contributed by atoms with van der Waals surface area (Å²) in [5.74, 6) is 1.58. The molecule has 0 radical (unpaired) electrons. The molecule has 0 aromatic heterocycles. The van der Waals surface area contributed by atoms with E-state index in [2.05, 4.69) is 27.7 Å². The van der Waals surface area contributed by atoms with Gasteiger partial charge in [-0.1, -0.05) is 34.1 Å². The fraction of sp³-hybridized carbons (Fsp3) is 1.00. The Morgan fingerprint density at radius 2 is 1.83 bits per heavy atom. The third-order valence-corrected chi connectivity index (χ3v) is 2.08. The molecule has 74 valence electrons. The van der Waals surface area contributed by atoms with Crippen LogP contribution in [0.25, 0.3) is 0 Å². The van der Waals surface area contributed by atoms with Crippen molar-refractivity contribution in [2.75, 3.05) is 13.2 Å². The van der Waals surface area contributed by atoms with Crippen LogP contribution in [0.2, 0.25) is 0 Å². The monoisotopic (exact) mass is 172 g/mol. The molecule has 0 saturated heterocycles. The molecule has 0 rings (SSSR count). The van der Waals surface area contributed by atoms with Crippen molar-refractivity contribution in [3.63, 3.8) is 0 Å². The largest absolute Gasteiger partial charge is 0.381 e. The second-order valence-corrected chi connectivity index (χ2v) is 3.98. The molecule has 0 amide bonds. The first-order valence-electron chi connectivity index (χ1n) is 5.28. The summed E-state index contributed by atoms with van der Waals surface area (Å²) >= 11 is 0. The van der Waals surface area contributed by atoms with E-state index in [9.17, 15) is 0 Å². The normalized spacial score (nSPS) is 13.8. The summed E-state index contributed by atoms with van der Waals surface area (Å²) in [4.78, 5) is 0. The number of hydrogen-bond acceptors (Lipinski definition) is 1. The highest BCUT2D eigenvalue weighted by Crippen LogP contribution is 2.15. The molecule has 1 atom stereocenters. The highest BCUT2D eigenvalue weighted by molar-refractivity contribution is 4.58. The Morgan fingerprint density at radius 1 is 1.17 bits per heavy atom. The van der Waals surface area contributed by atoms with E-state index in [0.717, 1.165) is 31.5 Å². The Kier molecular flexibility index (Phi) is 7.58. The highest BCUT2D eigenvalue weighted by Gasteiger charge is 2.08. The lowest BCUT2D eigenvalue weighted by molar-refractivity contribution is 0.0906. The minimum Gasteiger partial charge on any atom is -0.381 e. The van der Waals surface area contributed by atoms with Crippen molar-refractivity contribution in [3.8, 4) is 0 Å². The van der Waals surface area contributed by atoms with Crippen molar-refractivity contribution >= 4 is 0 Å². The third-order valence-electron chi connectivity index (χ3n) is 2.08. The molecule has 1 unspecified atom stereocenters. The average molecular weight is 172 g/mol. The average Bonchev–Trinajstić information content (AvgIpc) is 2.02. The Bertz CT molecular complexity index is 89.0. The zero-order valence-corrected chi connectivity index (χ0v) is 9.10. The lowest BCUT2D eigenvalue weighted by atomic mass is 9.96. The van der Waals surface area contributed by atoms with Gasteiger partial charge in [0.25, 0.3) is 0 Å². The predicted molar refractivity (Wildman–Crippen MR) is 54.3 cm³/mol. The lowest BCUT2D eigenvalue weighted by Gasteiger charge is -2.16. The van der Waals surface area contributed by atoms with Crippen molar-refractivity contribution in [2.45, 2.75) is 47.0 Å². The molecule has 1 heteroatoms. The second kappa shape index (κ2) is 7.60. The second-order valence-electron chi connectivity index (χ2n) is 3.98. The molecule has 0 fully saturated rings. The minimum atomic E-state index is 0.775. The minimum absolute atomic E-state index is 0.775. The highest BCUT2D eigenvalue weighted by atomic mass is 16.5. The van der Waals surface area contributed by atoms with Gasteiger partial charge in [-0.3, -0.25) is 0 Å². The van der Waals surface area contributed by atoms with E-state index in [1.165, 1.54) is 12.8 Å². The van der Waals surface area contributed by atoms with Crippen LogP contribution in [0.3, 0.4) is 0 Å². The molecule has 0 N–H and O–H groups in total. The van der Waals surface area contributed by atoms with Gasteiger partial charge in [0.15, 0.2) is 0 Å². The maximum absolute atomic E-state index is 5.54. The Balaban J connectivity index is 3.39. The molecular weight excluding hydrogens is 148 g/mol. The summed E-state index contributed by atoms with van der Waals surface area (Å²) in [5.41, 5.74) is 0. The van der Waals surface area contributed by atoms with Gasteiger partial charge in [-0.05, 0) is 24.7 Å². The summed E-state index contributed by atoms with van der Waals surface area (Å²) in [5, 5.41) is 0. The van der Waals surface area contributed by atoms with E-state index in [0.29, 0.717) is 0 Å². The van der Waals surface area contributed by atoms with E-state index in [-0.39, 0.29) is 0 Å². The van der Waals surface area contributed by atoms with Crippen LogP contribution in [0, 0.1) is 11.8 Å². The van der Waals surface area contributed by atoms with E-state index >= 15 is 0 Å². The van der Waals surface area contributed by atoms with Gasteiger partial charge in [0.1, 0.15) is 0 Å². The van der Waals surface area contributed by atoms with Gasteiger partial charge in [0, 0.05) is 13.2 Å². The molecule has 0 heterocycles. The van der Waals surface area contributed by atoms with E-state index in [1.807, 2.05) is 0 Å². The molecule has 0 aliphatic rings. The smallest absolute Gasteiger partial charge is 0.0494 e. The number of ether oxygens (including phenoxy) is 1. The molecule has 0 spiro atoms. The molecular formula is C11H24O. The molecule has 0 bridgehead atoms. The van der Waals surface area contributed by atoms with Crippen molar-refractivity contribution in [1.82, 2.24) is 0 Å². The van der Waals surface area contributed by atoms with Crippen molar-refractivity contribution < 1.29 is 4.74 Å². The molecule has 1 nitrogen and oxygen atoms in total. The quantitative estimate of drug-likeness (QED) is 0.534. The predicted octanol–water partition coefficient (Wildman–Crippen LogP) is 3.49. The van der Waals surface area contributed by atoms with E-state index < -0.39 is 0 Å². The fourth-order valence-electron chi connectivity index (χ4n) is 1.41. The van der Waals surface area contributed by atoms with Gasteiger partial charge in [0.05, 0.1) is 0 Å². The number of hydrogen-bond donors (Lipinski definition) is 0. The Morgan fingerprint density at radius 3 is 2.25 bits per heavy atom. The van der Waals surface area contributed by atoms with Gasteiger partial charge in [-0.25, -0.2) is 0 Å². The van der Waals surface area contributed by atoms with E-state index in [1.54, 1.807) is 0 Å². The third kappa shape index (κ3) is 6.66. The molecule has 0 aromatic rings. The maximum Gasteiger partial charge on any atom is 0.0494 e. The standard InChI is InChI=1S/C11H24O/c1-5-7-12-9-11(6-2)8-10(3)4/h10-11H,5-9H2,1-4H3. The molecule has 0 aliphatic carbocycles. The van der Waals surface area contributed by atoms with E-state index in [4.69, 9.17) is 4.74 Å². The van der Waals surface area contributed by atoms with Gasteiger partial charge in [-0.2, -0.15) is 0 Å². The van der Waals surface area contributed by atoms with Crippen LogP contribution in [-0.4, -0.2) is 13.2 Å². The van der Waals surface area contributed by atoms with Crippen LogP contribution in [0.15, 0.2) is 0 Å². The summed E-state index contributed by atoms with van der Waals surface area (Å²) in [6.45, 7) is 10.9. The van der Waals surface area contributed by atoms with Gasteiger partial charge < -0.3 is 4.74 Å². The van der Waals surface area contributed by atoms with Gasteiger partial charge in [-0.15, -0.1) is 0 Å². The first-order valence-corrected chi connectivity index (χ1v) is 5.28. The van der Waals surface area contributed by atoms with Crippen molar-refractivity contribution in [3.05, 3.63) is 0 Å². The Hall–Kier alpha value is -0.0400. The topological polar surface area (TPSA) is 9.23 Å². The fourth-order valence-corrected chi connectivity index (χ4v) is 1.41. The summed E-state index contributed by atoms with van der Waals surface area (Å²) in [6, 6.07) is 0. The summed E-state index contributed by atoms with van der Waals surface area (Å²) in [6.07, 6.45) is 3.69. The summed E-state index contributed by atoms with van der Waals surface area (Å²) in [7, 11) is 0. The van der Waals surface area contributed by atoms with Crippen LogP contribution in [0.4, 0.5) is 0 Å². The molecule has 0 aliphatic heterocycles. The van der Waals surface area contributed by atoms with Crippen molar-refractivity contribution in [2.24, 2.45) is 11.8 Å². The molecule has 12 heavy (non-hydrogen) atoms. The zero-order chi connectivity index (χ0) is 9.40. The van der Waals surface area contributed by atoms with Gasteiger partial charge in [0.2, 0.25) is 0 Å². The van der Waals surface area contributed by atoms with Crippen LogP contribution in [0.1, 0.15) is 47.0 Å². The van der Waals surface area contributed by atoms with Crippen LogP contribution < -0.4 is 0 Å². The number of rotatable bonds is 7. The first kappa shape index (κ1) is 12.0. The van der Waals surface area contributed by atoms with Crippen molar-refractivity contribution in [1.29, 1.82) is 0 Å². The molecule has 0 aromatic carbocycles. The lowest BCUT2D eigenvalue weighted by Crippen LogP contribution is -2.11. The van der Waals surface area contributed by atoms with Crippen LogP contribution in [0.5, 0.6) is 0 Å². The Labute approximate surface area is 77.5 Å². The first-order chi connectivity index (χ1) is 5.70. The zero-order valence-electron chi connectivity index (χ0n) is 9.10. The van der Waals surface area contributed by atoms with Gasteiger partial charge >= 0.3 is 0 Å². The maximum atomic E-state index is 5.54. The summed E-state index contributed by atoms with van der Waals surface area (Å²) < 4.78 is 5.54. The SMILES string of the molecule is CCCOCC(CC)CC(C)C.